The molecule has 2 fully saturated rings. The van der Waals surface area contributed by atoms with Crippen molar-refractivity contribution in [2.75, 3.05) is 18.4 Å². The lowest BCUT2D eigenvalue weighted by atomic mass is 9.84. The number of piperidine rings is 1. The van der Waals surface area contributed by atoms with Gasteiger partial charge in [-0.25, -0.2) is 4.39 Å². The molecule has 2 aliphatic rings. The first-order chi connectivity index (χ1) is 17.9. The second kappa shape index (κ2) is 10.1. The Kier molecular flexibility index (Phi) is 6.72. The number of nitriles is 1. The molecule has 2 aromatic heterocycles. The Labute approximate surface area is 214 Å². The number of aromatic nitrogens is 3. The van der Waals surface area contributed by atoms with Gasteiger partial charge in [0.2, 0.25) is 5.91 Å². The monoisotopic (exact) mass is 501 g/mol. The van der Waals surface area contributed by atoms with Gasteiger partial charge in [0.15, 0.2) is 5.82 Å². The van der Waals surface area contributed by atoms with E-state index in [4.69, 9.17) is 5.73 Å². The van der Waals surface area contributed by atoms with Gasteiger partial charge in [0.25, 0.3) is 5.91 Å². The highest BCUT2D eigenvalue weighted by atomic mass is 19.1. The average Bonchev–Trinajstić information content (AvgIpc) is 3.67. The normalized spacial score (nSPS) is 17.2. The third kappa shape index (κ3) is 5.22. The highest BCUT2D eigenvalue weighted by Gasteiger charge is 2.39. The van der Waals surface area contributed by atoms with Gasteiger partial charge in [-0.3, -0.25) is 24.2 Å². The van der Waals surface area contributed by atoms with Crippen LogP contribution in [0.25, 0.3) is 11.3 Å². The van der Waals surface area contributed by atoms with Crippen LogP contribution in [0.3, 0.4) is 0 Å². The predicted octanol–water partition coefficient (Wildman–Crippen LogP) is 3.44. The Bertz CT molecular complexity index is 1350. The van der Waals surface area contributed by atoms with Crippen molar-refractivity contribution in [2.24, 2.45) is 11.7 Å². The minimum Gasteiger partial charge on any atom is -0.365 e. The van der Waals surface area contributed by atoms with Crippen molar-refractivity contribution in [3.63, 3.8) is 0 Å². The van der Waals surface area contributed by atoms with E-state index in [-0.39, 0.29) is 35.4 Å². The fourth-order valence-corrected chi connectivity index (χ4v) is 4.80. The molecule has 37 heavy (non-hydrogen) atoms. The number of halogens is 1. The number of nitrogens with two attached hydrogens (primary N) is 1. The fourth-order valence-electron chi connectivity index (χ4n) is 4.80. The summed E-state index contributed by atoms with van der Waals surface area (Å²) in [5, 5.41) is 16.8. The van der Waals surface area contributed by atoms with Crippen molar-refractivity contribution >= 4 is 17.6 Å². The van der Waals surface area contributed by atoms with Crippen LogP contribution in [0.15, 0.2) is 48.8 Å². The Morgan fingerprint density at radius 3 is 2.57 bits per heavy atom. The molecule has 1 aromatic carbocycles. The van der Waals surface area contributed by atoms with Crippen molar-refractivity contribution in [1.82, 2.24) is 19.7 Å². The molecule has 1 aliphatic heterocycles. The number of nitrogens with zero attached hydrogens (tertiary/aromatic N) is 5. The molecule has 3 heterocycles. The summed E-state index contributed by atoms with van der Waals surface area (Å²) in [5.74, 6) is -1.10. The number of carbonyl (C=O) groups is 2. The molecular weight excluding hydrogens is 473 g/mol. The maximum atomic E-state index is 14.9. The molecule has 1 saturated heterocycles. The van der Waals surface area contributed by atoms with Crippen LogP contribution in [0.4, 0.5) is 10.2 Å². The van der Waals surface area contributed by atoms with E-state index in [1.807, 2.05) is 30.3 Å². The average molecular weight is 502 g/mol. The number of hydrogen-bond donors (Lipinski definition) is 2. The molecule has 1 saturated carbocycles. The van der Waals surface area contributed by atoms with Crippen molar-refractivity contribution in [3.8, 4) is 17.3 Å². The number of carbonyl (C=O) groups excluding carboxylic acids is 2. The van der Waals surface area contributed by atoms with Crippen LogP contribution in [0.2, 0.25) is 0 Å². The Balaban J connectivity index is 1.30. The van der Waals surface area contributed by atoms with Gasteiger partial charge in [-0.2, -0.15) is 10.4 Å². The summed E-state index contributed by atoms with van der Waals surface area (Å²) in [7, 11) is 0. The van der Waals surface area contributed by atoms with Crippen LogP contribution in [0, 0.1) is 23.1 Å². The number of rotatable bonds is 8. The molecule has 0 radical (unpaired) electrons. The van der Waals surface area contributed by atoms with Crippen molar-refractivity contribution < 1.29 is 14.0 Å². The van der Waals surface area contributed by atoms with Crippen LogP contribution >= 0.6 is 0 Å². The summed E-state index contributed by atoms with van der Waals surface area (Å²) in [4.78, 5) is 30.9. The number of nitrogens with one attached hydrogen (secondary N) is 1. The van der Waals surface area contributed by atoms with Gasteiger partial charge in [-0.1, -0.05) is 30.3 Å². The first-order valence-electron chi connectivity index (χ1n) is 12.4. The third-order valence-electron chi connectivity index (χ3n) is 7.24. The number of primary amides is 1. The smallest absolute Gasteiger partial charge is 0.254 e. The first-order valence-corrected chi connectivity index (χ1v) is 12.4. The lowest BCUT2D eigenvalue weighted by Gasteiger charge is -2.40. The molecule has 0 spiro atoms. The quantitative estimate of drug-likeness (QED) is 0.486. The minimum absolute atomic E-state index is 0.0566. The summed E-state index contributed by atoms with van der Waals surface area (Å²) in [5.41, 5.74) is 6.97. The molecular formula is C27H28FN7O2. The van der Waals surface area contributed by atoms with Gasteiger partial charge < -0.3 is 11.1 Å². The van der Waals surface area contributed by atoms with E-state index >= 15 is 0 Å². The molecule has 10 heteroatoms. The molecule has 2 amide bonds. The molecule has 3 aromatic rings. The molecule has 190 valence electrons. The molecule has 0 unspecified atom stereocenters. The lowest BCUT2D eigenvalue weighted by molar-refractivity contribution is -0.117. The van der Waals surface area contributed by atoms with Crippen LogP contribution in [0.1, 0.15) is 48.0 Å². The summed E-state index contributed by atoms with van der Waals surface area (Å²) in [6.07, 6.45) is 6.05. The zero-order valence-corrected chi connectivity index (χ0v) is 20.4. The SMILES string of the molecule is N#CCC1(n2cc(C(N)=O)c(NC(=O)C3CC3)n2)CCN(Cc2cnc(-c3ccccc3)cc2F)CC1. The highest BCUT2D eigenvalue weighted by molar-refractivity contribution is 6.02. The van der Waals surface area contributed by atoms with E-state index in [0.29, 0.717) is 43.7 Å². The molecule has 3 N–H and O–H groups in total. The minimum atomic E-state index is -0.691. The molecule has 0 bridgehead atoms. The Hall–Kier alpha value is -4.10. The number of anilines is 1. The lowest BCUT2D eigenvalue weighted by Crippen LogP contribution is -2.46. The molecule has 0 atom stereocenters. The van der Waals surface area contributed by atoms with Crippen molar-refractivity contribution in [2.45, 2.75) is 44.2 Å². The van der Waals surface area contributed by atoms with Crippen molar-refractivity contribution in [3.05, 3.63) is 65.7 Å². The summed E-state index contributed by atoms with van der Waals surface area (Å²) in [6.45, 7) is 1.58. The zero-order chi connectivity index (χ0) is 26.0. The topological polar surface area (TPSA) is 130 Å². The fraction of sp³-hybridized carbons (Fsp3) is 0.370. The largest absolute Gasteiger partial charge is 0.365 e. The van der Waals surface area contributed by atoms with Crippen LogP contribution in [-0.2, 0) is 16.9 Å². The van der Waals surface area contributed by atoms with Gasteiger partial charge in [-0.05, 0) is 25.7 Å². The van der Waals surface area contributed by atoms with E-state index in [0.717, 1.165) is 18.4 Å². The number of benzene rings is 1. The number of hydrogen-bond acceptors (Lipinski definition) is 6. The number of amides is 2. The van der Waals surface area contributed by atoms with Gasteiger partial charge in [0.1, 0.15) is 11.4 Å². The van der Waals surface area contributed by atoms with Crippen LogP contribution in [-0.4, -0.2) is 44.6 Å². The first kappa shape index (κ1) is 24.6. The van der Waals surface area contributed by atoms with Gasteiger partial charge in [0.05, 0.1) is 23.7 Å². The van der Waals surface area contributed by atoms with E-state index in [2.05, 4.69) is 26.4 Å². The van der Waals surface area contributed by atoms with E-state index in [1.165, 1.54) is 12.3 Å². The summed E-state index contributed by atoms with van der Waals surface area (Å²) in [6, 6.07) is 13.2. The van der Waals surface area contributed by atoms with E-state index in [9.17, 15) is 19.2 Å². The maximum Gasteiger partial charge on any atom is 0.254 e. The van der Waals surface area contributed by atoms with E-state index in [1.54, 1.807) is 10.9 Å². The Morgan fingerprint density at radius 1 is 1.22 bits per heavy atom. The standard InChI is InChI=1S/C27H28FN7O2/c28-22-14-23(18-4-2-1-3-5-18)31-15-20(22)16-34-12-9-27(8-11-29,10-13-34)35-17-21(24(30)36)25(33-35)32-26(37)19-6-7-19/h1-5,14-15,17,19H,6-10,12-13,16H2,(H2,30,36)(H,32,33,37). The number of pyridine rings is 1. The Morgan fingerprint density at radius 2 is 1.95 bits per heavy atom. The van der Waals surface area contributed by atoms with Crippen LogP contribution < -0.4 is 11.1 Å². The van der Waals surface area contributed by atoms with Crippen molar-refractivity contribution in [1.29, 1.82) is 5.26 Å². The van der Waals surface area contributed by atoms with E-state index < -0.39 is 11.4 Å². The summed E-state index contributed by atoms with van der Waals surface area (Å²) < 4.78 is 16.5. The number of likely N-dealkylation sites (tertiary alicyclic amines) is 1. The second-order valence-corrected chi connectivity index (χ2v) is 9.83. The highest BCUT2D eigenvalue weighted by Crippen LogP contribution is 2.36. The maximum absolute atomic E-state index is 14.9. The molecule has 9 nitrogen and oxygen atoms in total. The molecule has 1 aliphatic carbocycles. The van der Waals surface area contributed by atoms with Gasteiger partial charge in [-0.15, -0.1) is 0 Å². The molecule has 5 rings (SSSR count). The van der Waals surface area contributed by atoms with Gasteiger partial charge >= 0.3 is 0 Å². The second-order valence-electron chi connectivity index (χ2n) is 9.83. The van der Waals surface area contributed by atoms with Gasteiger partial charge in [0, 0.05) is 55.1 Å². The zero-order valence-electron chi connectivity index (χ0n) is 20.4. The van der Waals surface area contributed by atoms with Crippen LogP contribution in [0.5, 0.6) is 0 Å². The predicted molar refractivity (Wildman–Crippen MR) is 134 cm³/mol. The summed E-state index contributed by atoms with van der Waals surface area (Å²) >= 11 is 0. The third-order valence-corrected chi connectivity index (χ3v) is 7.24.